The molecule has 0 amide bonds. The summed E-state index contributed by atoms with van der Waals surface area (Å²) < 4.78 is 51.7. The Kier molecular flexibility index (Phi) is 8.83. The number of nitrogens with zero attached hydrogens (tertiary/aromatic N) is 7. The summed E-state index contributed by atoms with van der Waals surface area (Å²) in [5.41, 5.74) is 2.94. The standard InChI is InChI=1S/C26H32ClN9O4S2/c1-28-23-15-30-26(32-20-6-9-34(10-7-20)41(2,37)38)33-25(23)19-14-31-36(16-19)24-5-4-18(12-22(24)27)13-29-21-8-11-35(17-21)42(3,39)40/h4-5,12,14-16,20-21,29H,6-11,13,17H2,2-3H3,(H,30,32,33). The van der Waals surface area contributed by atoms with Crippen molar-refractivity contribution in [3.05, 3.63) is 58.8 Å². The summed E-state index contributed by atoms with van der Waals surface area (Å²) in [6.07, 6.45) is 9.28. The van der Waals surface area contributed by atoms with E-state index in [2.05, 4.69) is 30.5 Å². The van der Waals surface area contributed by atoms with E-state index in [1.165, 1.54) is 27.3 Å². The molecule has 13 nitrogen and oxygen atoms in total. The lowest BCUT2D eigenvalue weighted by atomic mass is 10.1. The van der Waals surface area contributed by atoms with Crippen molar-refractivity contribution in [2.75, 3.05) is 44.0 Å². The molecular weight excluding hydrogens is 602 g/mol. The van der Waals surface area contributed by atoms with Crippen LogP contribution in [0.3, 0.4) is 0 Å². The second kappa shape index (κ2) is 12.2. The van der Waals surface area contributed by atoms with Gasteiger partial charge in [-0.05, 0) is 37.0 Å². The molecule has 0 bridgehead atoms. The maximum Gasteiger partial charge on any atom is 0.231 e. The van der Waals surface area contributed by atoms with E-state index in [9.17, 15) is 16.8 Å². The zero-order chi connectivity index (χ0) is 30.1. The molecule has 2 aliphatic rings. The van der Waals surface area contributed by atoms with Gasteiger partial charge in [-0.25, -0.2) is 44.9 Å². The minimum atomic E-state index is -3.21. The third-order valence-corrected chi connectivity index (χ3v) is 10.4. The predicted octanol–water partition coefficient (Wildman–Crippen LogP) is 2.49. The smallest absolute Gasteiger partial charge is 0.231 e. The van der Waals surface area contributed by atoms with Crippen molar-refractivity contribution in [1.82, 2.24) is 33.7 Å². The molecule has 2 aliphatic heterocycles. The second-order valence-electron chi connectivity index (χ2n) is 10.6. The predicted molar refractivity (Wildman–Crippen MR) is 161 cm³/mol. The van der Waals surface area contributed by atoms with Crippen LogP contribution in [0.2, 0.25) is 5.02 Å². The highest BCUT2D eigenvalue weighted by atomic mass is 35.5. The quantitative estimate of drug-likeness (QED) is 0.339. The first-order chi connectivity index (χ1) is 19.9. The van der Waals surface area contributed by atoms with E-state index in [1.807, 2.05) is 18.2 Å². The third kappa shape index (κ3) is 7.08. The molecule has 42 heavy (non-hydrogen) atoms. The first kappa shape index (κ1) is 30.3. The fourth-order valence-electron chi connectivity index (χ4n) is 5.13. The van der Waals surface area contributed by atoms with Crippen LogP contribution in [0, 0.1) is 6.57 Å². The summed E-state index contributed by atoms with van der Waals surface area (Å²) in [5, 5.41) is 11.6. The number of anilines is 1. The largest absolute Gasteiger partial charge is 0.351 e. The summed E-state index contributed by atoms with van der Waals surface area (Å²) >= 11 is 6.63. The minimum Gasteiger partial charge on any atom is -0.351 e. The van der Waals surface area contributed by atoms with Crippen LogP contribution in [0.25, 0.3) is 21.8 Å². The molecule has 0 spiro atoms. The van der Waals surface area contributed by atoms with Gasteiger partial charge < -0.3 is 10.6 Å². The number of nitrogens with one attached hydrogen (secondary N) is 2. The molecule has 224 valence electrons. The normalized spacial score (nSPS) is 19.1. The molecule has 0 saturated carbocycles. The molecule has 1 unspecified atom stereocenters. The molecule has 2 aromatic heterocycles. The van der Waals surface area contributed by atoms with E-state index >= 15 is 0 Å². The van der Waals surface area contributed by atoms with Crippen molar-refractivity contribution in [2.45, 2.75) is 37.9 Å². The minimum absolute atomic E-state index is 0.0106. The first-order valence-corrected chi connectivity index (χ1v) is 17.5. The van der Waals surface area contributed by atoms with Gasteiger partial charge in [0.1, 0.15) is 0 Å². The Balaban J connectivity index is 1.26. The molecule has 3 aromatic rings. The number of halogens is 1. The van der Waals surface area contributed by atoms with Gasteiger partial charge in [-0.3, -0.25) is 0 Å². The second-order valence-corrected chi connectivity index (χ2v) is 14.9. The number of sulfonamides is 2. The van der Waals surface area contributed by atoms with E-state index in [4.69, 9.17) is 18.2 Å². The van der Waals surface area contributed by atoms with Crippen LogP contribution in [0.15, 0.2) is 36.8 Å². The Hall–Kier alpha value is -3.13. The average molecular weight is 634 g/mol. The van der Waals surface area contributed by atoms with Crippen LogP contribution < -0.4 is 10.6 Å². The lowest BCUT2D eigenvalue weighted by molar-refractivity contribution is 0.331. The Labute approximate surface area is 250 Å². The number of aromatic nitrogens is 4. The van der Waals surface area contributed by atoms with Crippen LogP contribution in [0.1, 0.15) is 24.8 Å². The molecule has 1 atom stereocenters. The third-order valence-electron chi connectivity index (χ3n) is 7.48. The zero-order valence-electron chi connectivity index (χ0n) is 23.2. The van der Waals surface area contributed by atoms with Gasteiger partial charge >= 0.3 is 0 Å². The molecule has 2 N–H and O–H groups in total. The highest BCUT2D eigenvalue weighted by Crippen LogP contribution is 2.31. The molecule has 1 aromatic carbocycles. The molecular formula is C26H32ClN9O4S2. The lowest BCUT2D eigenvalue weighted by Gasteiger charge is -2.30. The molecule has 4 heterocycles. The summed E-state index contributed by atoms with van der Waals surface area (Å²) in [6, 6.07) is 5.73. The summed E-state index contributed by atoms with van der Waals surface area (Å²) in [5.74, 6) is 0.361. The average Bonchev–Trinajstić information content (AvgIpc) is 3.62. The van der Waals surface area contributed by atoms with E-state index in [-0.39, 0.29) is 17.8 Å². The van der Waals surface area contributed by atoms with Crippen LogP contribution in [-0.2, 0) is 26.6 Å². The van der Waals surface area contributed by atoms with Gasteiger partial charge in [0.15, 0.2) is 0 Å². The van der Waals surface area contributed by atoms with Crippen LogP contribution in [-0.4, -0.2) is 96.0 Å². The highest BCUT2D eigenvalue weighted by molar-refractivity contribution is 7.88. The van der Waals surface area contributed by atoms with Gasteiger partial charge in [0.2, 0.25) is 31.7 Å². The van der Waals surface area contributed by atoms with E-state index < -0.39 is 20.0 Å². The topological polar surface area (TPSA) is 147 Å². The highest BCUT2D eigenvalue weighted by Gasteiger charge is 2.28. The summed E-state index contributed by atoms with van der Waals surface area (Å²) in [7, 11) is -6.40. The summed E-state index contributed by atoms with van der Waals surface area (Å²) in [4.78, 5) is 12.5. The Morgan fingerprint density at radius 1 is 1.02 bits per heavy atom. The van der Waals surface area contributed by atoms with Gasteiger partial charge in [0.05, 0.1) is 41.7 Å². The number of benzene rings is 1. The van der Waals surface area contributed by atoms with Gasteiger partial charge in [0.25, 0.3) is 0 Å². The van der Waals surface area contributed by atoms with E-state index in [0.29, 0.717) is 73.5 Å². The molecule has 2 fully saturated rings. The van der Waals surface area contributed by atoms with Crippen molar-refractivity contribution in [2.24, 2.45) is 0 Å². The van der Waals surface area contributed by atoms with Gasteiger partial charge in [-0.1, -0.05) is 17.7 Å². The van der Waals surface area contributed by atoms with E-state index in [0.717, 1.165) is 12.0 Å². The fraction of sp³-hybridized carbons (Fsp3) is 0.462. The summed E-state index contributed by atoms with van der Waals surface area (Å²) in [6.45, 7) is 9.95. The first-order valence-electron chi connectivity index (χ1n) is 13.4. The zero-order valence-corrected chi connectivity index (χ0v) is 25.6. The van der Waals surface area contributed by atoms with Crippen LogP contribution >= 0.6 is 11.6 Å². The lowest BCUT2D eigenvalue weighted by Crippen LogP contribution is -2.42. The molecule has 16 heteroatoms. The van der Waals surface area contributed by atoms with Crippen molar-refractivity contribution in [3.63, 3.8) is 0 Å². The van der Waals surface area contributed by atoms with Crippen molar-refractivity contribution in [1.29, 1.82) is 0 Å². The van der Waals surface area contributed by atoms with Crippen molar-refractivity contribution < 1.29 is 16.8 Å². The van der Waals surface area contributed by atoms with E-state index in [1.54, 1.807) is 17.1 Å². The number of hydrogen-bond acceptors (Lipinski definition) is 9. The Morgan fingerprint density at radius 3 is 2.36 bits per heavy atom. The number of rotatable bonds is 9. The molecule has 0 aliphatic carbocycles. The van der Waals surface area contributed by atoms with Crippen LogP contribution in [0.5, 0.6) is 0 Å². The Morgan fingerprint density at radius 2 is 1.71 bits per heavy atom. The molecule has 0 radical (unpaired) electrons. The monoisotopic (exact) mass is 633 g/mol. The van der Waals surface area contributed by atoms with Crippen molar-refractivity contribution >= 4 is 43.3 Å². The van der Waals surface area contributed by atoms with Crippen molar-refractivity contribution in [3.8, 4) is 16.9 Å². The van der Waals surface area contributed by atoms with Gasteiger partial charge in [-0.15, -0.1) is 0 Å². The number of piperidine rings is 1. The van der Waals surface area contributed by atoms with Gasteiger partial charge in [-0.2, -0.15) is 5.10 Å². The molecule has 5 rings (SSSR count). The maximum absolute atomic E-state index is 11.8. The number of hydrogen-bond donors (Lipinski definition) is 2. The molecule has 2 saturated heterocycles. The fourth-order valence-corrected chi connectivity index (χ4v) is 7.19. The van der Waals surface area contributed by atoms with Gasteiger partial charge in [0, 0.05) is 62.8 Å². The SMILES string of the molecule is [C-]#[N+]c1cnc(NC2CCN(S(C)(=O)=O)CC2)nc1-c1cnn(-c2ccc(CNC3CCN(S(C)(=O)=O)C3)cc2Cl)c1. The Bertz CT molecular complexity index is 1720. The maximum atomic E-state index is 11.8. The van der Waals surface area contributed by atoms with Crippen LogP contribution in [0.4, 0.5) is 11.6 Å².